The summed E-state index contributed by atoms with van der Waals surface area (Å²) in [6.07, 6.45) is 5.38. The van der Waals surface area contributed by atoms with Gasteiger partial charge in [-0.1, -0.05) is 0 Å². The predicted octanol–water partition coefficient (Wildman–Crippen LogP) is 2.15. The second-order valence-corrected chi connectivity index (χ2v) is 6.82. The van der Waals surface area contributed by atoms with Crippen LogP contribution in [0.1, 0.15) is 29.3 Å². The molecule has 0 heterocycles. The maximum Gasteiger partial charge on any atom is 0.335 e. The number of nitrogens with one attached hydrogen (secondary N) is 1. The molecule has 1 rings (SSSR count). The van der Waals surface area contributed by atoms with Gasteiger partial charge in [-0.15, -0.1) is 12.3 Å². The van der Waals surface area contributed by atoms with Crippen molar-refractivity contribution in [2.45, 2.75) is 31.2 Å². The predicted molar refractivity (Wildman–Crippen MR) is 79.1 cm³/mol. The number of halogens is 1. The number of terminal acetylenes is 1. The van der Waals surface area contributed by atoms with E-state index < -0.39 is 22.0 Å². The van der Waals surface area contributed by atoms with Crippen molar-refractivity contribution < 1.29 is 18.3 Å². The minimum Gasteiger partial charge on any atom is -0.478 e. The normalized spacial score (nSPS) is 12.7. The molecule has 1 aromatic rings. The molecule has 0 radical (unpaired) electrons. The van der Waals surface area contributed by atoms with Gasteiger partial charge in [0.05, 0.1) is 10.5 Å². The van der Waals surface area contributed by atoms with Crippen LogP contribution in [0, 0.1) is 19.3 Å². The van der Waals surface area contributed by atoms with E-state index in [1.54, 1.807) is 13.8 Å². The summed E-state index contributed by atoms with van der Waals surface area (Å²) in [7, 11) is -3.85. The van der Waals surface area contributed by atoms with Gasteiger partial charge in [0.2, 0.25) is 10.0 Å². The van der Waals surface area contributed by atoms with E-state index >= 15 is 0 Å². The van der Waals surface area contributed by atoms with Gasteiger partial charge in [0.15, 0.2) is 0 Å². The Morgan fingerprint density at radius 3 is 2.65 bits per heavy atom. The topological polar surface area (TPSA) is 83.5 Å². The first kappa shape index (κ1) is 16.7. The van der Waals surface area contributed by atoms with Crippen molar-refractivity contribution in [3.8, 4) is 12.3 Å². The number of hydrogen-bond donors (Lipinski definition) is 2. The third-order valence-corrected chi connectivity index (χ3v) is 5.47. The molecule has 1 atom stereocenters. The van der Waals surface area contributed by atoms with Crippen molar-refractivity contribution in [1.29, 1.82) is 0 Å². The Morgan fingerprint density at radius 1 is 1.55 bits per heavy atom. The van der Waals surface area contributed by atoms with Crippen molar-refractivity contribution in [2.75, 3.05) is 0 Å². The van der Waals surface area contributed by atoms with Gasteiger partial charge in [-0.05, 0) is 47.5 Å². The summed E-state index contributed by atoms with van der Waals surface area (Å²) in [6, 6.07) is 2.08. The highest BCUT2D eigenvalue weighted by Crippen LogP contribution is 2.27. The summed E-state index contributed by atoms with van der Waals surface area (Å²) in [5, 5.41) is 9.00. The molecule has 108 valence electrons. The zero-order chi connectivity index (χ0) is 15.5. The van der Waals surface area contributed by atoms with Crippen LogP contribution in [0.25, 0.3) is 0 Å². The lowest BCUT2D eigenvalue weighted by Crippen LogP contribution is -2.32. The molecular formula is C13H14BrNO4S. The number of carbonyl (C=O) groups is 1. The molecule has 5 nitrogen and oxygen atoms in total. The minimum absolute atomic E-state index is 0.0873. The molecule has 20 heavy (non-hydrogen) atoms. The number of sulfonamides is 1. The highest BCUT2D eigenvalue weighted by molar-refractivity contribution is 9.10. The lowest BCUT2D eigenvalue weighted by atomic mass is 10.1. The fourth-order valence-electron chi connectivity index (χ4n) is 1.60. The molecule has 0 aliphatic carbocycles. The van der Waals surface area contributed by atoms with Crippen LogP contribution in [0.5, 0.6) is 0 Å². The maximum absolute atomic E-state index is 12.3. The Bertz CT molecular complexity index is 676. The molecule has 0 aromatic heterocycles. The molecule has 1 aromatic carbocycles. The first-order valence-corrected chi connectivity index (χ1v) is 7.96. The summed E-state index contributed by atoms with van der Waals surface area (Å²) in [6.45, 7) is 3.26. The number of aromatic carboxylic acids is 1. The number of carboxylic acids is 1. The Balaban J connectivity index is 3.31. The molecule has 0 saturated heterocycles. The molecule has 0 amide bonds. The number of carboxylic acid groups (broad SMARTS) is 1. The van der Waals surface area contributed by atoms with E-state index in [-0.39, 0.29) is 16.9 Å². The van der Waals surface area contributed by atoms with Crippen LogP contribution in [-0.4, -0.2) is 25.5 Å². The zero-order valence-electron chi connectivity index (χ0n) is 11.0. The second kappa shape index (κ2) is 6.39. The van der Waals surface area contributed by atoms with Crippen molar-refractivity contribution in [3.05, 3.63) is 27.7 Å². The Hall–Kier alpha value is -1.36. The maximum atomic E-state index is 12.3. The van der Waals surface area contributed by atoms with Crippen LogP contribution in [0.3, 0.4) is 0 Å². The molecular weight excluding hydrogens is 346 g/mol. The van der Waals surface area contributed by atoms with Gasteiger partial charge in [-0.3, -0.25) is 0 Å². The highest BCUT2D eigenvalue weighted by Gasteiger charge is 2.23. The number of aryl methyl sites for hydroxylation is 1. The van der Waals surface area contributed by atoms with E-state index in [1.165, 1.54) is 6.07 Å². The van der Waals surface area contributed by atoms with Gasteiger partial charge in [-0.25, -0.2) is 17.9 Å². The van der Waals surface area contributed by atoms with Crippen LogP contribution in [0.15, 0.2) is 21.5 Å². The highest BCUT2D eigenvalue weighted by atomic mass is 79.9. The molecule has 0 bridgehead atoms. The average Bonchev–Trinajstić information content (AvgIpc) is 2.31. The first-order chi connectivity index (χ1) is 9.19. The molecule has 0 fully saturated rings. The minimum atomic E-state index is -3.85. The van der Waals surface area contributed by atoms with Crippen molar-refractivity contribution in [2.24, 2.45) is 0 Å². The lowest BCUT2D eigenvalue weighted by molar-refractivity contribution is 0.0696. The molecule has 0 saturated carbocycles. The van der Waals surface area contributed by atoms with Crippen LogP contribution < -0.4 is 4.72 Å². The average molecular weight is 360 g/mol. The summed E-state index contributed by atoms with van der Waals surface area (Å²) in [5.74, 6) is 1.18. The Morgan fingerprint density at radius 2 is 2.15 bits per heavy atom. The molecule has 0 aliphatic rings. The first-order valence-electron chi connectivity index (χ1n) is 5.68. The zero-order valence-corrected chi connectivity index (χ0v) is 13.4. The van der Waals surface area contributed by atoms with Crippen LogP contribution in [0.4, 0.5) is 0 Å². The standard InChI is InChI=1S/C13H14BrNO4S/c1-4-5-9(3)15-20(18,19)11-7-10(13(16)17)6-8(2)12(11)14/h1,6-7,9,15H,5H2,2-3H3,(H,16,17). The third-order valence-electron chi connectivity index (χ3n) is 2.54. The van der Waals surface area contributed by atoms with E-state index in [0.29, 0.717) is 10.0 Å². The summed E-state index contributed by atoms with van der Waals surface area (Å²) >= 11 is 3.18. The monoisotopic (exact) mass is 359 g/mol. The second-order valence-electron chi connectivity index (χ2n) is 4.34. The van der Waals surface area contributed by atoms with Crippen LogP contribution in [-0.2, 0) is 10.0 Å². The number of rotatable bonds is 5. The SMILES string of the molecule is C#CCC(C)NS(=O)(=O)c1cc(C(=O)O)cc(C)c1Br. The van der Waals surface area contributed by atoms with E-state index in [2.05, 4.69) is 26.6 Å². The van der Waals surface area contributed by atoms with Gasteiger partial charge >= 0.3 is 5.97 Å². The van der Waals surface area contributed by atoms with Gasteiger partial charge in [0, 0.05) is 16.9 Å². The van der Waals surface area contributed by atoms with E-state index in [9.17, 15) is 13.2 Å². The van der Waals surface area contributed by atoms with Crippen molar-refractivity contribution in [1.82, 2.24) is 4.72 Å². The largest absolute Gasteiger partial charge is 0.478 e. The van der Waals surface area contributed by atoms with Gasteiger partial charge < -0.3 is 5.11 Å². The van der Waals surface area contributed by atoms with Gasteiger partial charge in [-0.2, -0.15) is 0 Å². The van der Waals surface area contributed by atoms with E-state index in [0.717, 1.165) is 6.07 Å². The molecule has 2 N–H and O–H groups in total. The lowest BCUT2D eigenvalue weighted by Gasteiger charge is -2.14. The number of hydrogen-bond acceptors (Lipinski definition) is 3. The Labute approximate surface area is 126 Å². The smallest absolute Gasteiger partial charge is 0.335 e. The number of benzene rings is 1. The van der Waals surface area contributed by atoms with E-state index in [4.69, 9.17) is 11.5 Å². The van der Waals surface area contributed by atoms with Crippen LogP contribution in [0.2, 0.25) is 0 Å². The fraction of sp³-hybridized carbons (Fsp3) is 0.308. The fourth-order valence-corrected chi connectivity index (χ4v) is 3.89. The molecule has 7 heteroatoms. The Kier molecular flexibility index (Phi) is 5.34. The summed E-state index contributed by atoms with van der Waals surface area (Å²) in [4.78, 5) is 10.9. The quantitative estimate of drug-likeness (QED) is 0.789. The molecule has 0 aliphatic heterocycles. The molecule has 0 spiro atoms. The van der Waals surface area contributed by atoms with Gasteiger partial charge in [0.1, 0.15) is 0 Å². The van der Waals surface area contributed by atoms with Gasteiger partial charge in [0.25, 0.3) is 0 Å². The van der Waals surface area contributed by atoms with E-state index in [1.807, 2.05) is 0 Å². The van der Waals surface area contributed by atoms with Crippen LogP contribution >= 0.6 is 15.9 Å². The van der Waals surface area contributed by atoms with Crippen molar-refractivity contribution in [3.63, 3.8) is 0 Å². The molecule has 1 unspecified atom stereocenters. The third kappa shape index (κ3) is 3.82. The summed E-state index contributed by atoms with van der Waals surface area (Å²) < 4.78 is 27.3. The van der Waals surface area contributed by atoms with Crippen molar-refractivity contribution >= 4 is 31.9 Å². The summed E-state index contributed by atoms with van der Waals surface area (Å²) in [5.41, 5.74) is 0.436.